The zero-order valence-corrected chi connectivity index (χ0v) is 10.9. The van der Waals surface area contributed by atoms with Crippen molar-refractivity contribution < 1.29 is 9.53 Å². The van der Waals surface area contributed by atoms with Crippen LogP contribution in [0.2, 0.25) is 5.02 Å². The molecule has 2 aliphatic rings. The van der Waals surface area contributed by atoms with Crippen molar-refractivity contribution in [2.24, 2.45) is 5.92 Å². The quantitative estimate of drug-likeness (QED) is 0.780. The van der Waals surface area contributed by atoms with E-state index < -0.39 is 0 Å². The van der Waals surface area contributed by atoms with E-state index in [1.807, 2.05) is 23.1 Å². The van der Waals surface area contributed by atoms with Crippen LogP contribution < -0.4 is 0 Å². The number of fused-ring (bicyclic) bond motifs is 1. The van der Waals surface area contributed by atoms with Gasteiger partial charge in [0.15, 0.2) is 0 Å². The molecule has 1 fully saturated rings. The lowest BCUT2D eigenvalue weighted by molar-refractivity contribution is -0.136. The number of carbonyl (C=O) groups excluding carboxylic acids is 1. The number of amides is 1. The largest absolute Gasteiger partial charge is 0.381 e. The van der Waals surface area contributed by atoms with E-state index in [1.54, 1.807) is 0 Å². The third-order valence-electron chi connectivity index (χ3n) is 3.77. The van der Waals surface area contributed by atoms with Crippen LogP contribution in [0.5, 0.6) is 0 Å². The van der Waals surface area contributed by atoms with Gasteiger partial charge in [0, 0.05) is 24.7 Å². The fourth-order valence-electron chi connectivity index (χ4n) is 2.70. The molecule has 3 nitrogen and oxygen atoms in total. The average molecular weight is 266 g/mol. The fraction of sp³-hybridized carbons (Fsp3) is 0.500. The van der Waals surface area contributed by atoms with Crippen molar-refractivity contribution in [3.05, 3.63) is 34.3 Å². The Morgan fingerprint density at radius 1 is 1.39 bits per heavy atom. The Bertz CT molecular complexity index is 469. The first kappa shape index (κ1) is 12.0. The summed E-state index contributed by atoms with van der Waals surface area (Å²) >= 11 is 5.98. The Morgan fingerprint density at radius 2 is 2.28 bits per heavy atom. The molecule has 0 saturated carbocycles. The van der Waals surface area contributed by atoms with E-state index in [2.05, 4.69) is 0 Å². The molecule has 1 saturated heterocycles. The molecule has 1 atom stereocenters. The maximum Gasteiger partial charge on any atom is 0.228 e. The summed E-state index contributed by atoms with van der Waals surface area (Å²) in [7, 11) is 0. The van der Waals surface area contributed by atoms with Crippen LogP contribution in [0.25, 0.3) is 0 Å². The van der Waals surface area contributed by atoms with Gasteiger partial charge in [0.1, 0.15) is 0 Å². The first-order chi connectivity index (χ1) is 8.74. The summed E-state index contributed by atoms with van der Waals surface area (Å²) in [5.41, 5.74) is 2.49. The molecule has 2 heterocycles. The molecule has 3 rings (SSSR count). The molecule has 18 heavy (non-hydrogen) atoms. The minimum Gasteiger partial charge on any atom is -0.381 e. The predicted octanol–water partition coefficient (Wildman–Crippen LogP) is 2.26. The molecule has 2 aliphatic heterocycles. The highest BCUT2D eigenvalue weighted by molar-refractivity contribution is 6.30. The van der Waals surface area contributed by atoms with Gasteiger partial charge in [-0.25, -0.2) is 0 Å². The highest BCUT2D eigenvalue weighted by Crippen LogP contribution is 2.25. The van der Waals surface area contributed by atoms with Gasteiger partial charge < -0.3 is 9.64 Å². The van der Waals surface area contributed by atoms with Crippen LogP contribution in [0.4, 0.5) is 0 Å². The predicted molar refractivity (Wildman–Crippen MR) is 69.5 cm³/mol. The van der Waals surface area contributed by atoms with Crippen LogP contribution in [0.1, 0.15) is 17.5 Å². The van der Waals surface area contributed by atoms with Crippen LogP contribution in [-0.4, -0.2) is 30.6 Å². The molecule has 0 radical (unpaired) electrons. The minimum absolute atomic E-state index is 0.0684. The molecule has 1 amide bonds. The number of benzene rings is 1. The highest BCUT2D eigenvalue weighted by Gasteiger charge is 2.29. The van der Waals surface area contributed by atoms with E-state index in [4.69, 9.17) is 16.3 Å². The third-order valence-corrected chi connectivity index (χ3v) is 4.01. The van der Waals surface area contributed by atoms with E-state index in [1.165, 1.54) is 11.1 Å². The summed E-state index contributed by atoms with van der Waals surface area (Å²) in [5, 5.41) is 0.776. The fourth-order valence-corrected chi connectivity index (χ4v) is 2.89. The second kappa shape index (κ2) is 4.90. The van der Waals surface area contributed by atoms with Gasteiger partial charge in [-0.3, -0.25) is 4.79 Å². The smallest absolute Gasteiger partial charge is 0.228 e. The SMILES string of the molecule is O=C([C@H]1CCOC1)N1CCc2cc(Cl)ccc2C1. The Balaban J connectivity index is 1.74. The summed E-state index contributed by atoms with van der Waals surface area (Å²) < 4.78 is 5.29. The number of halogens is 1. The van der Waals surface area contributed by atoms with Crippen LogP contribution in [0.3, 0.4) is 0 Å². The highest BCUT2D eigenvalue weighted by atomic mass is 35.5. The molecule has 96 valence electrons. The maximum absolute atomic E-state index is 12.3. The molecular weight excluding hydrogens is 250 g/mol. The maximum atomic E-state index is 12.3. The van der Waals surface area contributed by atoms with Crippen LogP contribution in [0.15, 0.2) is 18.2 Å². The van der Waals surface area contributed by atoms with Crippen molar-refractivity contribution in [1.29, 1.82) is 0 Å². The van der Waals surface area contributed by atoms with Crippen molar-refractivity contribution in [3.8, 4) is 0 Å². The van der Waals surface area contributed by atoms with Crippen LogP contribution >= 0.6 is 11.6 Å². The zero-order chi connectivity index (χ0) is 12.5. The zero-order valence-electron chi connectivity index (χ0n) is 10.2. The molecular formula is C14H16ClNO2. The first-order valence-electron chi connectivity index (χ1n) is 6.38. The molecule has 0 bridgehead atoms. The Hall–Kier alpha value is -1.06. The lowest BCUT2D eigenvalue weighted by Crippen LogP contribution is -2.40. The lowest BCUT2D eigenvalue weighted by atomic mass is 9.98. The normalized spacial score (nSPS) is 22.9. The van der Waals surface area contributed by atoms with Crippen molar-refractivity contribution in [1.82, 2.24) is 4.90 Å². The molecule has 0 aliphatic carbocycles. The standard InChI is InChI=1S/C14H16ClNO2/c15-13-2-1-11-8-16(5-3-10(11)7-13)14(17)12-4-6-18-9-12/h1-2,7,12H,3-6,8-9H2/t12-/m0/s1. The summed E-state index contributed by atoms with van der Waals surface area (Å²) in [6.45, 7) is 2.81. The van der Waals surface area contributed by atoms with Crippen LogP contribution in [-0.2, 0) is 22.5 Å². The summed E-state index contributed by atoms with van der Waals surface area (Å²) in [6, 6.07) is 5.94. The summed E-state index contributed by atoms with van der Waals surface area (Å²) in [4.78, 5) is 14.3. The van der Waals surface area contributed by atoms with Crippen molar-refractivity contribution >= 4 is 17.5 Å². The minimum atomic E-state index is 0.0684. The molecule has 1 aromatic rings. The number of rotatable bonds is 1. The summed E-state index contributed by atoms with van der Waals surface area (Å²) in [6.07, 6.45) is 1.76. The Morgan fingerprint density at radius 3 is 3.06 bits per heavy atom. The number of carbonyl (C=O) groups is 1. The number of hydrogen-bond donors (Lipinski definition) is 0. The molecule has 0 spiro atoms. The molecule has 0 unspecified atom stereocenters. The third kappa shape index (κ3) is 2.25. The summed E-state index contributed by atoms with van der Waals surface area (Å²) in [5.74, 6) is 0.312. The van der Waals surface area contributed by atoms with Gasteiger partial charge in [0.2, 0.25) is 5.91 Å². The second-order valence-corrected chi connectivity index (χ2v) is 5.42. The van der Waals surface area contributed by atoms with Crippen molar-refractivity contribution in [2.45, 2.75) is 19.4 Å². The van der Waals surface area contributed by atoms with E-state index in [0.29, 0.717) is 13.2 Å². The average Bonchev–Trinajstić information content (AvgIpc) is 2.91. The second-order valence-electron chi connectivity index (χ2n) is 4.98. The van der Waals surface area contributed by atoms with Gasteiger partial charge >= 0.3 is 0 Å². The van der Waals surface area contributed by atoms with Gasteiger partial charge in [0.25, 0.3) is 0 Å². The molecule has 0 aromatic heterocycles. The van der Waals surface area contributed by atoms with Gasteiger partial charge in [-0.2, -0.15) is 0 Å². The Kier molecular flexibility index (Phi) is 3.27. The van der Waals surface area contributed by atoms with E-state index in [0.717, 1.165) is 31.0 Å². The van der Waals surface area contributed by atoms with Crippen molar-refractivity contribution in [3.63, 3.8) is 0 Å². The Labute approximate surface area is 112 Å². The number of hydrogen-bond acceptors (Lipinski definition) is 2. The number of nitrogens with zero attached hydrogens (tertiary/aromatic N) is 1. The molecule has 1 aromatic carbocycles. The molecule has 0 N–H and O–H groups in total. The van der Waals surface area contributed by atoms with Gasteiger partial charge in [0.05, 0.1) is 12.5 Å². The topological polar surface area (TPSA) is 29.5 Å². The van der Waals surface area contributed by atoms with E-state index in [9.17, 15) is 4.79 Å². The van der Waals surface area contributed by atoms with Gasteiger partial charge in [-0.1, -0.05) is 17.7 Å². The molecule has 4 heteroatoms. The van der Waals surface area contributed by atoms with Gasteiger partial charge in [-0.05, 0) is 36.1 Å². The van der Waals surface area contributed by atoms with E-state index >= 15 is 0 Å². The van der Waals surface area contributed by atoms with Crippen molar-refractivity contribution in [2.75, 3.05) is 19.8 Å². The number of ether oxygens (including phenoxy) is 1. The van der Waals surface area contributed by atoms with E-state index in [-0.39, 0.29) is 11.8 Å². The lowest BCUT2D eigenvalue weighted by Gasteiger charge is -2.30. The van der Waals surface area contributed by atoms with Gasteiger partial charge in [-0.15, -0.1) is 0 Å². The monoisotopic (exact) mass is 265 g/mol. The van der Waals surface area contributed by atoms with Crippen LogP contribution in [0, 0.1) is 5.92 Å². The first-order valence-corrected chi connectivity index (χ1v) is 6.75.